The number of carbonyl (C=O) groups is 1. The van der Waals surface area contributed by atoms with Gasteiger partial charge in [-0.3, -0.25) is 0 Å². The van der Waals surface area contributed by atoms with E-state index in [1.807, 2.05) is 0 Å². The van der Waals surface area contributed by atoms with Crippen molar-refractivity contribution in [2.75, 3.05) is 0 Å². The predicted molar refractivity (Wildman–Crippen MR) is 83.4 cm³/mol. The Morgan fingerprint density at radius 2 is 1.10 bits per heavy atom. The average molecular weight is 520 g/mol. The summed E-state index contributed by atoms with van der Waals surface area (Å²) in [6.07, 6.45) is -1.58. The third kappa shape index (κ3) is 10.1. The molecule has 0 saturated carbocycles. The molecule has 31 heavy (non-hydrogen) atoms. The van der Waals surface area contributed by atoms with Crippen LogP contribution in [0.25, 0.3) is 0 Å². The molecule has 0 bridgehead atoms. The van der Waals surface area contributed by atoms with Crippen LogP contribution >= 0.6 is 0 Å². The van der Waals surface area contributed by atoms with Gasteiger partial charge in [0.25, 0.3) is 0 Å². The number of ether oxygens (including phenoxy) is 2. The minimum absolute atomic E-state index is 0. The molecule has 0 spiro atoms. The summed E-state index contributed by atoms with van der Waals surface area (Å²) in [4.78, 5) is 8.77. The summed E-state index contributed by atoms with van der Waals surface area (Å²) in [6.45, 7) is 0. The van der Waals surface area contributed by atoms with E-state index >= 15 is 0 Å². The molecular weight excluding hydrogens is 513 g/mol. The van der Waals surface area contributed by atoms with Crippen LogP contribution < -0.4 is 98.1 Å². The van der Waals surface area contributed by atoms with Gasteiger partial charge < -0.3 is 23.1 Å². The first-order valence-electron chi connectivity index (χ1n) is 6.69. The Hall–Kier alpha value is 0.440. The zero-order valence-electron chi connectivity index (χ0n) is 16.2. The summed E-state index contributed by atoms with van der Waals surface area (Å²) in [6, 6.07) is 4.91. The van der Waals surface area contributed by atoms with E-state index in [1.54, 1.807) is 0 Å². The van der Waals surface area contributed by atoms with E-state index in [9.17, 15) is 43.7 Å². The molecule has 0 unspecified atom stereocenters. The van der Waals surface area contributed by atoms with E-state index in [0.717, 1.165) is 24.3 Å². The molecule has 152 valence electrons. The second-order valence-electron chi connectivity index (χ2n) is 4.90. The van der Waals surface area contributed by atoms with Crippen molar-refractivity contribution in [3.63, 3.8) is 0 Å². The molecule has 0 saturated heterocycles. The zero-order chi connectivity index (χ0) is 21.3. The number of hydrogen-bond donors (Lipinski definition) is 0. The molecular formula is C13H7Na3O12S3. The van der Waals surface area contributed by atoms with Crippen molar-refractivity contribution in [3.8, 4) is 11.5 Å². The molecule has 0 fully saturated rings. The van der Waals surface area contributed by atoms with Gasteiger partial charge in [0, 0.05) is 0 Å². The van der Waals surface area contributed by atoms with Gasteiger partial charge in [0.15, 0.2) is 5.75 Å². The third-order valence-corrected chi connectivity index (χ3v) is 5.52. The van der Waals surface area contributed by atoms with E-state index in [1.165, 1.54) is 0 Å². The van der Waals surface area contributed by atoms with Crippen molar-refractivity contribution in [1.29, 1.82) is 0 Å². The molecule has 12 nitrogen and oxygen atoms in total. The van der Waals surface area contributed by atoms with Gasteiger partial charge in [-0.05, 0) is 42.5 Å². The van der Waals surface area contributed by atoms with Crippen LogP contribution in [0, 0.1) is 0 Å². The largest absolute Gasteiger partial charge is 1.00 e. The summed E-state index contributed by atoms with van der Waals surface area (Å²) in [5, 5.41) is 0. The molecule has 0 heterocycles. The molecule has 2 rings (SSSR count). The molecule has 2 aromatic rings. The number of benzene rings is 2. The van der Waals surface area contributed by atoms with Gasteiger partial charge in [-0.25, -0.2) is 30.0 Å². The molecule has 0 radical (unpaired) electrons. The van der Waals surface area contributed by atoms with Gasteiger partial charge in [0.1, 0.15) is 36.1 Å². The standard InChI is InChI=1S/C13H10O12S3.3Na/c14-13(24-8-1-3-9(4-2-8)26(15,16)17)25-11-6-5-10(27(18,19)20)7-12(11)28(21,22)23;;;/h1-7H,(H,15,16,17)(H,18,19,20)(H,21,22,23);;;/q;3*+1/p-3. The summed E-state index contributed by atoms with van der Waals surface area (Å²) in [5.74, 6) is -1.21. The number of hydrogen-bond acceptors (Lipinski definition) is 12. The Morgan fingerprint density at radius 1 is 0.645 bits per heavy atom. The van der Waals surface area contributed by atoms with Gasteiger partial charge in [0.05, 0.1) is 14.7 Å². The van der Waals surface area contributed by atoms with Crippen molar-refractivity contribution in [2.45, 2.75) is 14.7 Å². The van der Waals surface area contributed by atoms with Crippen LogP contribution in [0.3, 0.4) is 0 Å². The smallest absolute Gasteiger partial charge is 0.744 e. The van der Waals surface area contributed by atoms with Crippen LogP contribution in [-0.2, 0) is 30.4 Å². The molecule has 0 aromatic heterocycles. The Kier molecular flexibility index (Phi) is 13.9. The van der Waals surface area contributed by atoms with Crippen molar-refractivity contribution in [2.24, 2.45) is 0 Å². The minimum atomic E-state index is -5.34. The first-order chi connectivity index (χ1) is 12.7. The first-order valence-corrected chi connectivity index (χ1v) is 10.9. The molecule has 0 atom stereocenters. The van der Waals surface area contributed by atoms with Crippen LogP contribution in [0.2, 0.25) is 0 Å². The summed E-state index contributed by atoms with van der Waals surface area (Å²) in [5.41, 5.74) is 0. The molecule has 0 aliphatic carbocycles. The van der Waals surface area contributed by atoms with Crippen molar-refractivity contribution >= 4 is 36.5 Å². The van der Waals surface area contributed by atoms with E-state index < -0.39 is 56.9 Å². The maximum Gasteiger partial charge on any atom is 1.00 e. The Labute approximate surface area is 243 Å². The quantitative estimate of drug-likeness (QED) is 0.156. The maximum atomic E-state index is 11.7. The number of carbonyl (C=O) groups excluding carboxylic acids is 1. The van der Waals surface area contributed by atoms with Crippen LogP contribution in [0.1, 0.15) is 0 Å². The van der Waals surface area contributed by atoms with E-state index in [-0.39, 0.29) is 100 Å². The van der Waals surface area contributed by atoms with Crippen molar-refractivity contribution < 1.29 is 142 Å². The predicted octanol–water partition coefficient (Wildman–Crippen LogP) is -9.01. The van der Waals surface area contributed by atoms with Gasteiger partial charge in [-0.1, -0.05) is 0 Å². The fraction of sp³-hybridized carbons (Fsp3) is 0. The average Bonchev–Trinajstić information content (AvgIpc) is 2.52. The van der Waals surface area contributed by atoms with Crippen LogP contribution in [-0.4, -0.2) is 45.1 Å². The fourth-order valence-corrected chi connectivity index (χ4v) is 3.47. The first kappa shape index (κ1) is 33.6. The summed E-state index contributed by atoms with van der Waals surface area (Å²) >= 11 is 0. The monoisotopic (exact) mass is 520 g/mol. The topological polar surface area (TPSA) is 207 Å². The second-order valence-corrected chi connectivity index (χ2v) is 9.00. The molecule has 2 aromatic carbocycles. The minimum Gasteiger partial charge on any atom is -0.744 e. The summed E-state index contributed by atoms with van der Waals surface area (Å²) in [7, 11) is -15.2. The van der Waals surface area contributed by atoms with Crippen LogP contribution in [0.4, 0.5) is 4.79 Å². The summed E-state index contributed by atoms with van der Waals surface area (Å²) < 4.78 is 108. The molecule has 0 aliphatic heterocycles. The Bertz CT molecular complexity index is 1240. The van der Waals surface area contributed by atoms with E-state index in [2.05, 4.69) is 9.47 Å². The van der Waals surface area contributed by atoms with E-state index in [0.29, 0.717) is 12.1 Å². The molecule has 18 heteroatoms. The Balaban J connectivity index is 0. The maximum absolute atomic E-state index is 11.7. The van der Waals surface area contributed by atoms with Crippen LogP contribution in [0.15, 0.2) is 57.2 Å². The normalized spacial score (nSPS) is 11.2. The van der Waals surface area contributed by atoms with Gasteiger partial charge in [-0.2, -0.15) is 0 Å². The second kappa shape index (κ2) is 12.8. The fourth-order valence-electron chi connectivity index (χ4n) is 1.80. The van der Waals surface area contributed by atoms with Gasteiger partial charge in [-0.15, -0.1) is 0 Å². The molecule has 0 amide bonds. The van der Waals surface area contributed by atoms with Crippen molar-refractivity contribution in [1.82, 2.24) is 0 Å². The molecule has 0 aliphatic rings. The SMILES string of the molecule is O=C(Oc1ccc(S(=O)(=O)[O-])cc1)Oc1ccc(S(=O)(=O)[O-])cc1S(=O)(=O)[O-].[Na+].[Na+].[Na+]. The van der Waals surface area contributed by atoms with E-state index in [4.69, 9.17) is 0 Å². The van der Waals surface area contributed by atoms with Gasteiger partial charge in [0.2, 0.25) is 0 Å². The number of rotatable bonds is 5. The van der Waals surface area contributed by atoms with Crippen molar-refractivity contribution in [3.05, 3.63) is 42.5 Å². The zero-order valence-corrected chi connectivity index (χ0v) is 24.6. The third-order valence-electron chi connectivity index (χ3n) is 2.98. The van der Waals surface area contributed by atoms with Crippen LogP contribution in [0.5, 0.6) is 11.5 Å². The molecule has 0 N–H and O–H groups in total. The van der Waals surface area contributed by atoms with Gasteiger partial charge >= 0.3 is 94.8 Å². The Morgan fingerprint density at radius 3 is 1.52 bits per heavy atom.